The smallest absolute Gasteiger partial charge is 0.504 e. The van der Waals surface area contributed by atoms with Crippen LogP contribution >= 0.6 is 0 Å². The van der Waals surface area contributed by atoms with Crippen molar-refractivity contribution >= 4 is 19.3 Å². The number of benzene rings is 1. The topological polar surface area (TPSA) is 58.6 Å². The van der Waals surface area contributed by atoms with Gasteiger partial charge in [0.05, 0.1) is 5.69 Å². The van der Waals surface area contributed by atoms with Crippen LogP contribution in [0.5, 0.6) is 5.75 Å². The van der Waals surface area contributed by atoms with Gasteiger partial charge >= 0.3 is 7.69 Å². The zero-order valence-electron chi connectivity index (χ0n) is 7.28. The van der Waals surface area contributed by atoms with Gasteiger partial charge in [-0.25, -0.2) is 0 Å². The number of para-hydroxylation sites is 2. The lowest BCUT2D eigenvalue weighted by Crippen LogP contribution is -2.09. The lowest BCUT2D eigenvalue weighted by molar-refractivity contribution is -0.114. The fraction of sp³-hybridized carbons (Fsp3) is 0.125. The Hall–Kier alpha value is -1.49. The zero-order valence-corrected chi connectivity index (χ0v) is 7.28. The van der Waals surface area contributed by atoms with Crippen LogP contribution in [0.3, 0.4) is 0 Å². The highest BCUT2D eigenvalue weighted by molar-refractivity contribution is 6.17. The molecule has 0 spiro atoms. The molecule has 1 aromatic carbocycles. The third-order valence-corrected chi connectivity index (χ3v) is 1.42. The summed E-state index contributed by atoms with van der Waals surface area (Å²) in [5, 5.41) is 11.1. The van der Waals surface area contributed by atoms with Crippen molar-refractivity contribution in [2.45, 2.75) is 6.92 Å². The quantitative estimate of drug-likeness (QED) is 0.655. The van der Waals surface area contributed by atoms with Gasteiger partial charge in [-0.2, -0.15) is 0 Å². The molecule has 0 aliphatic carbocycles. The summed E-state index contributed by atoms with van der Waals surface area (Å²) in [5.41, 5.74) is 0.559. The molecule has 0 bridgehead atoms. The summed E-state index contributed by atoms with van der Waals surface area (Å²) in [4.78, 5) is 10.7. The molecule has 1 amide bonds. The summed E-state index contributed by atoms with van der Waals surface area (Å²) in [6.07, 6.45) is 0. The van der Waals surface area contributed by atoms with Gasteiger partial charge in [0.2, 0.25) is 5.91 Å². The van der Waals surface area contributed by atoms with Crippen molar-refractivity contribution in [3.8, 4) is 5.75 Å². The maximum Gasteiger partial charge on any atom is 0.504 e. The number of hydrogen-bond donors (Lipinski definition) is 2. The molecule has 0 unspecified atom stereocenters. The molecule has 0 aromatic heterocycles. The van der Waals surface area contributed by atoms with E-state index in [0.29, 0.717) is 11.4 Å². The van der Waals surface area contributed by atoms with E-state index in [1.165, 1.54) is 6.92 Å². The fourth-order valence-corrected chi connectivity index (χ4v) is 0.955. The normalized spacial score (nSPS) is 9.08. The second kappa shape index (κ2) is 4.52. The average Bonchev–Trinajstić information content (AvgIpc) is 2.08. The van der Waals surface area contributed by atoms with E-state index in [9.17, 15) is 4.79 Å². The number of anilines is 1. The Morgan fingerprint density at radius 3 is 2.85 bits per heavy atom. The van der Waals surface area contributed by atoms with Crippen LogP contribution in [0.2, 0.25) is 0 Å². The first-order valence-corrected chi connectivity index (χ1v) is 3.84. The lowest BCUT2D eigenvalue weighted by atomic mass is 10.2. The average molecular weight is 179 g/mol. The van der Waals surface area contributed by atoms with E-state index in [1.54, 1.807) is 24.3 Å². The maximum atomic E-state index is 10.7. The van der Waals surface area contributed by atoms with Gasteiger partial charge < -0.3 is 15.0 Å². The number of carbonyl (C=O) groups is 1. The van der Waals surface area contributed by atoms with Crippen molar-refractivity contribution in [1.29, 1.82) is 0 Å². The number of carbonyl (C=O) groups excluding carboxylic acids is 1. The summed E-state index contributed by atoms with van der Waals surface area (Å²) >= 11 is 0. The molecule has 5 heteroatoms. The number of amides is 1. The van der Waals surface area contributed by atoms with Crippen LogP contribution in [0.15, 0.2) is 24.3 Å². The Morgan fingerprint density at radius 2 is 2.23 bits per heavy atom. The van der Waals surface area contributed by atoms with E-state index in [2.05, 4.69) is 5.32 Å². The predicted octanol–water partition coefficient (Wildman–Crippen LogP) is 0.283. The Labute approximate surface area is 76.8 Å². The van der Waals surface area contributed by atoms with Gasteiger partial charge in [0.15, 0.2) is 0 Å². The van der Waals surface area contributed by atoms with Gasteiger partial charge in [-0.3, -0.25) is 4.79 Å². The van der Waals surface area contributed by atoms with Gasteiger partial charge in [0.1, 0.15) is 5.75 Å². The number of rotatable bonds is 3. The van der Waals surface area contributed by atoms with Crippen molar-refractivity contribution < 1.29 is 14.5 Å². The molecular weight excluding hydrogens is 169 g/mol. The van der Waals surface area contributed by atoms with Crippen LogP contribution in [-0.4, -0.2) is 18.6 Å². The highest BCUT2D eigenvalue weighted by atomic mass is 16.5. The van der Waals surface area contributed by atoms with Gasteiger partial charge in [-0.15, -0.1) is 0 Å². The van der Waals surface area contributed by atoms with Crippen molar-refractivity contribution in [3.05, 3.63) is 24.3 Å². The molecule has 0 radical (unpaired) electrons. The second-order valence-electron chi connectivity index (χ2n) is 2.45. The molecule has 0 heterocycles. The van der Waals surface area contributed by atoms with Crippen LogP contribution in [0, 0.1) is 0 Å². The van der Waals surface area contributed by atoms with E-state index in [0.717, 1.165) is 0 Å². The van der Waals surface area contributed by atoms with Crippen LogP contribution in [0.4, 0.5) is 5.69 Å². The maximum absolute atomic E-state index is 10.7. The first kappa shape index (κ1) is 9.60. The van der Waals surface area contributed by atoms with Crippen LogP contribution in [0.1, 0.15) is 6.92 Å². The minimum Gasteiger partial charge on any atom is -0.537 e. The third-order valence-electron chi connectivity index (χ3n) is 1.42. The monoisotopic (exact) mass is 179 g/mol. The van der Waals surface area contributed by atoms with Crippen LogP contribution in [0.25, 0.3) is 0 Å². The molecule has 0 atom stereocenters. The van der Waals surface area contributed by atoms with E-state index in [1.807, 2.05) is 0 Å². The Bertz CT molecular complexity index is 303. The Kier molecular flexibility index (Phi) is 3.34. The van der Waals surface area contributed by atoms with Gasteiger partial charge in [-0.05, 0) is 12.1 Å². The molecular formula is C8H10BNO3. The molecule has 0 saturated heterocycles. The SMILES string of the molecule is CC(=O)Nc1ccccc1OBO. The van der Waals surface area contributed by atoms with Crippen molar-refractivity contribution in [3.63, 3.8) is 0 Å². The summed E-state index contributed by atoms with van der Waals surface area (Å²) < 4.78 is 4.88. The highest BCUT2D eigenvalue weighted by Gasteiger charge is 2.02. The zero-order chi connectivity index (χ0) is 9.68. The molecule has 68 valence electrons. The number of nitrogens with one attached hydrogen (secondary N) is 1. The summed E-state index contributed by atoms with van der Waals surface area (Å²) in [6.45, 7) is 1.41. The first-order valence-electron chi connectivity index (χ1n) is 3.84. The standard InChI is InChI=1S/C8H10BNO3/c1-6(11)10-7-4-2-3-5-8(7)13-9-12/h2-5,9,12H,1H3,(H,10,11). The Morgan fingerprint density at radius 1 is 1.54 bits per heavy atom. The largest absolute Gasteiger partial charge is 0.537 e. The summed E-state index contributed by atoms with van der Waals surface area (Å²) in [7, 11) is -0.406. The predicted molar refractivity (Wildman–Crippen MR) is 50.7 cm³/mol. The van der Waals surface area contributed by atoms with E-state index >= 15 is 0 Å². The van der Waals surface area contributed by atoms with Crippen LogP contribution < -0.4 is 9.97 Å². The molecule has 1 aromatic rings. The van der Waals surface area contributed by atoms with Gasteiger partial charge in [-0.1, -0.05) is 12.1 Å². The van der Waals surface area contributed by atoms with Crippen LogP contribution in [-0.2, 0) is 4.79 Å². The van der Waals surface area contributed by atoms with Gasteiger partial charge in [0, 0.05) is 6.92 Å². The molecule has 4 nitrogen and oxygen atoms in total. The summed E-state index contributed by atoms with van der Waals surface area (Å²) in [6, 6.07) is 6.90. The Balaban J connectivity index is 2.84. The minimum absolute atomic E-state index is 0.172. The fourth-order valence-electron chi connectivity index (χ4n) is 0.955. The van der Waals surface area contributed by atoms with Crippen molar-refractivity contribution in [2.24, 2.45) is 0 Å². The molecule has 1 rings (SSSR count). The first-order chi connectivity index (χ1) is 6.24. The second-order valence-corrected chi connectivity index (χ2v) is 2.45. The molecule has 2 N–H and O–H groups in total. The summed E-state index contributed by atoms with van der Waals surface area (Å²) in [5.74, 6) is 0.286. The van der Waals surface area contributed by atoms with Crippen molar-refractivity contribution in [1.82, 2.24) is 0 Å². The molecule has 0 fully saturated rings. The van der Waals surface area contributed by atoms with Gasteiger partial charge in [0.25, 0.3) is 0 Å². The van der Waals surface area contributed by atoms with Crippen molar-refractivity contribution in [2.75, 3.05) is 5.32 Å². The lowest BCUT2D eigenvalue weighted by Gasteiger charge is -2.08. The molecule has 13 heavy (non-hydrogen) atoms. The highest BCUT2D eigenvalue weighted by Crippen LogP contribution is 2.22. The molecule has 0 aliphatic heterocycles. The minimum atomic E-state index is -0.406. The van der Waals surface area contributed by atoms with E-state index in [4.69, 9.17) is 9.68 Å². The number of hydrogen-bond acceptors (Lipinski definition) is 3. The third kappa shape index (κ3) is 2.80. The molecule has 0 saturated carbocycles. The van der Waals surface area contributed by atoms with E-state index < -0.39 is 7.69 Å². The molecule has 0 aliphatic rings. The van der Waals surface area contributed by atoms with E-state index in [-0.39, 0.29) is 5.91 Å².